The Morgan fingerprint density at radius 2 is 2.00 bits per heavy atom. The van der Waals surface area contributed by atoms with Gasteiger partial charge >= 0.3 is 0 Å². The molecule has 5 heteroatoms. The normalized spacial score (nSPS) is 24.6. The average molecular weight is 316 g/mol. The zero-order chi connectivity index (χ0) is 15.9. The first kappa shape index (κ1) is 15.0. The minimum Gasteiger partial charge on any atom is -0.508 e. The van der Waals surface area contributed by atoms with Crippen molar-refractivity contribution in [3.63, 3.8) is 0 Å². The van der Waals surface area contributed by atoms with Crippen molar-refractivity contribution < 1.29 is 14.6 Å². The number of Topliss-reactive ketones (excluding diaryl/α,β-unsaturated/α-hetero) is 1. The highest BCUT2D eigenvalue weighted by atomic mass is 16.5. The minimum absolute atomic E-state index is 0.147. The lowest BCUT2D eigenvalue weighted by molar-refractivity contribution is 0.0454. The smallest absolute Gasteiger partial charge is 0.190 e. The molecule has 0 aromatic heterocycles. The van der Waals surface area contributed by atoms with Gasteiger partial charge in [-0.1, -0.05) is 0 Å². The Bertz CT molecular complexity index is 602. The highest BCUT2D eigenvalue weighted by Crippen LogP contribution is 2.40. The molecular formula is C18H24N2O3. The van der Waals surface area contributed by atoms with Crippen LogP contribution in [0.4, 0.5) is 5.69 Å². The molecule has 2 fully saturated rings. The number of nitrogens with zero attached hydrogens (tertiary/aromatic N) is 1. The van der Waals surface area contributed by atoms with Crippen molar-refractivity contribution in [2.45, 2.75) is 31.2 Å². The number of carbonyl (C=O) groups is 1. The molecule has 2 N–H and O–H groups in total. The van der Waals surface area contributed by atoms with E-state index >= 15 is 0 Å². The number of hydrogen-bond donors (Lipinski definition) is 2. The molecule has 0 unspecified atom stereocenters. The van der Waals surface area contributed by atoms with Crippen LogP contribution in [0.5, 0.6) is 5.75 Å². The van der Waals surface area contributed by atoms with Gasteiger partial charge in [0, 0.05) is 44.1 Å². The number of piperidine rings is 1. The Balaban J connectivity index is 1.40. The minimum atomic E-state index is -0.456. The summed E-state index contributed by atoms with van der Waals surface area (Å²) in [7, 11) is 0. The average Bonchev–Trinajstić information content (AvgIpc) is 2.83. The number of nitrogens with one attached hydrogen (secondary N) is 1. The number of carbonyl (C=O) groups excluding carboxylic acids is 1. The highest BCUT2D eigenvalue weighted by Gasteiger charge is 2.47. The van der Waals surface area contributed by atoms with Crippen LogP contribution in [0.25, 0.3) is 0 Å². The SMILES string of the molecule is O=C1c2cc(O)ccc2NC12CCN(CC1CCOCC1)CC2. The third kappa shape index (κ3) is 2.72. The number of phenolic OH excluding ortho intramolecular Hbond substituents is 1. The van der Waals surface area contributed by atoms with Gasteiger partial charge in [-0.3, -0.25) is 4.79 Å². The van der Waals surface area contributed by atoms with Crippen LogP contribution < -0.4 is 5.32 Å². The Labute approximate surface area is 136 Å². The number of ketones is 1. The number of hydrogen-bond acceptors (Lipinski definition) is 5. The van der Waals surface area contributed by atoms with E-state index in [1.165, 1.54) is 0 Å². The van der Waals surface area contributed by atoms with Crippen LogP contribution in [0.3, 0.4) is 0 Å². The Hall–Kier alpha value is -1.59. The Kier molecular flexibility index (Phi) is 3.77. The van der Waals surface area contributed by atoms with Crippen molar-refractivity contribution >= 4 is 11.5 Å². The maximum atomic E-state index is 12.8. The molecule has 3 aliphatic rings. The molecule has 2 saturated heterocycles. The van der Waals surface area contributed by atoms with Crippen LogP contribution in [-0.4, -0.2) is 54.2 Å². The van der Waals surface area contributed by atoms with E-state index in [-0.39, 0.29) is 11.5 Å². The largest absolute Gasteiger partial charge is 0.508 e. The number of phenols is 1. The van der Waals surface area contributed by atoms with Crippen LogP contribution in [0.15, 0.2) is 18.2 Å². The molecule has 124 valence electrons. The fraction of sp³-hybridized carbons (Fsp3) is 0.611. The van der Waals surface area contributed by atoms with Gasteiger partial charge in [0.2, 0.25) is 0 Å². The van der Waals surface area contributed by atoms with E-state index in [1.807, 2.05) is 6.07 Å². The van der Waals surface area contributed by atoms with E-state index in [0.717, 1.165) is 70.1 Å². The summed E-state index contributed by atoms with van der Waals surface area (Å²) in [5, 5.41) is 13.1. The summed E-state index contributed by atoms with van der Waals surface area (Å²) in [6.45, 7) is 4.82. The van der Waals surface area contributed by atoms with E-state index in [4.69, 9.17) is 4.74 Å². The fourth-order valence-electron chi connectivity index (χ4n) is 4.16. The van der Waals surface area contributed by atoms with E-state index < -0.39 is 5.54 Å². The van der Waals surface area contributed by atoms with Crippen LogP contribution in [0, 0.1) is 5.92 Å². The Morgan fingerprint density at radius 3 is 2.74 bits per heavy atom. The van der Waals surface area contributed by atoms with Gasteiger partial charge in [0.15, 0.2) is 5.78 Å². The number of benzene rings is 1. The second kappa shape index (κ2) is 5.80. The van der Waals surface area contributed by atoms with Crippen LogP contribution >= 0.6 is 0 Å². The van der Waals surface area contributed by atoms with Crippen molar-refractivity contribution in [3.05, 3.63) is 23.8 Å². The van der Waals surface area contributed by atoms with Gasteiger partial charge in [0.25, 0.3) is 0 Å². The number of ether oxygens (including phenoxy) is 1. The molecule has 3 aliphatic heterocycles. The van der Waals surface area contributed by atoms with E-state index in [9.17, 15) is 9.90 Å². The van der Waals surface area contributed by atoms with Gasteiger partial charge in [0.1, 0.15) is 11.3 Å². The van der Waals surface area contributed by atoms with Gasteiger partial charge in [-0.15, -0.1) is 0 Å². The number of rotatable bonds is 2. The number of aromatic hydroxyl groups is 1. The molecule has 3 heterocycles. The lowest BCUT2D eigenvalue weighted by Gasteiger charge is -2.40. The van der Waals surface area contributed by atoms with Crippen LogP contribution in [0.1, 0.15) is 36.0 Å². The molecule has 0 amide bonds. The topological polar surface area (TPSA) is 61.8 Å². The maximum Gasteiger partial charge on any atom is 0.190 e. The molecule has 1 aromatic rings. The molecule has 1 aromatic carbocycles. The first-order chi connectivity index (χ1) is 11.2. The van der Waals surface area contributed by atoms with Crippen molar-refractivity contribution in [3.8, 4) is 5.75 Å². The summed E-state index contributed by atoms with van der Waals surface area (Å²) in [5.41, 5.74) is 1.05. The summed E-state index contributed by atoms with van der Waals surface area (Å²) in [5.74, 6) is 1.04. The van der Waals surface area contributed by atoms with Gasteiger partial charge < -0.3 is 20.1 Å². The van der Waals surface area contributed by atoms with Gasteiger partial charge in [-0.2, -0.15) is 0 Å². The standard InChI is InChI=1S/C18H24N2O3/c21-14-1-2-16-15(11-14)17(22)18(19-16)5-7-20(8-6-18)12-13-3-9-23-10-4-13/h1-2,11,13,19,21H,3-10,12H2. The summed E-state index contributed by atoms with van der Waals surface area (Å²) >= 11 is 0. The Morgan fingerprint density at radius 1 is 1.26 bits per heavy atom. The molecule has 0 radical (unpaired) electrons. The third-order valence-electron chi connectivity index (χ3n) is 5.62. The van der Waals surface area contributed by atoms with E-state index in [1.54, 1.807) is 12.1 Å². The maximum absolute atomic E-state index is 12.8. The van der Waals surface area contributed by atoms with Crippen molar-refractivity contribution in [1.29, 1.82) is 0 Å². The van der Waals surface area contributed by atoms with Crippen LogP contribution in [-0.2, 0) is 4.74 Å². The molecule has 1 spiro atoms. The number of anilines is 1. The predicted molar refractivity (Wildman–Crippen MR) is 88.0 cm³/mol. The first-order valence-electron chi connectivity index (χ1n) is 8.62. The van der Waals surface area contributed by atoms with Gasteiger partial charge in [-0.05, 0) is 49.8 Å². The molecule has 5 nitrogen and oxygen atoms in total. The van der Waals surface area contributed by atoms with Gasteiger partial charge in [0.05, 0.1) is 0 Å². The summed E-state index contributed by atoms with van der Waals surface area (Å²) in [6.07, 6.45) is 3.99. The summed E-state index contributed by atoms with van der Waals surface area (Å²) < 4.78 is 5.43. The van der Waals surface area contributed by atoms with Crippen molar-refractivity contribution in [2.75, 3.05) is 38.2 Å². The second-order valence-corrected chi connectivity index (χ2v) is 7.12. The molecule has 0 saturated carbocycles. The lowest BCUT2D eigenvalue weighted by Crippen LogP contribution is -2.52. The zero-order valence-corrected chi connectivity index (χ0v) is 13.4. The van der Waals surface area contributed by atoms with Gasteiger partial charge in [-0.25, -0.2) is 0 Å². The molecule has 4 rings (SSSR count). The van der Waals surface area contributed by atoms with Crippen molar-refractivity contribution in [1.82, 2.24) is 4.90 Å². The monoisotopic (exact) mass is 316 g/mol. The predicted octanol–water partition coefficient (Wildman–Crippen LogP) is 2.26. The van der Waals surface area contributed by atoms with Crippen LogP contribution in [0.2, 0.25) is 0 Å². The van der Waals surface area contributed by atoms with Crippen molar-refractivity contribution in [2.24, 2.45) is 5.92 Å². The molecule has 0 atom stereocenters. The molecule has 0 aliphatic carbocycles. The quantitative estimate of drug-likeness (QED) is 0.820. The number of fused-ring (bicyclic) bond motifs is 1. The summed E-state index contributed by atoms with van der Waals surface area (Å²) in [4.78, 5) is 15.3. The summed E-state index contributed by atoms with van der Waals surface area (Å²) in [6, 6.07) is 5.04. The zero-order valence-electron chi connectivity index (χ0n) is 13.4. The number of likely N-dealkylation sites (tertiary alicyclic amines) is 1. The van der Waals surface area contributed by atoms with E-state index in [0.29, 0.717) is 5.56 Å². The first-order valence-corrected chi connectivity index (χ1v) is 8.62. The highest BCUT2D eigenvalue weighted by molar-refractivity contribution is 6.13. The van der Waals surface area contributed by atoms with E-state index in [2.05, 4.69) is 10.2 Å². The molecule has 23 heavy (non-hydrogen) atoms. The second-order valence-electron chi connectivity index (χ2n) is 7.12. The molecule has 0 bridgehead atoms. The lowest BCUT2D eigenvalue weighted by atomic mass is 9.83. The molecular weight excluding hydrogens is 292 g/mol. The fourth-order valence-corrected chi connectivity index (χ4v) is 4.16. The third-order valence-corrected chi connectivity index (χ3v) is 5.62.